The van der Waals surface area contributed by atoms with Crippen LogP contribution in [0.25, 0.3) is 10.9 Å². The summed E-state index contributed by atoms with van der Waals surface area (Å²) in [5.41, 5.74) is 1.77. The molecule has 106 valence electrons. The van der Waals surface area contributed by atoms with Crippen molar-refractivity contribution < 1.29 is 4.79 Å². The zero-order valence-electron chi connectivity index (χ0n) is 12.3. The molecule has 2 rings (SSSR count). The van der Waals surface area contributed by atoms with Gasteiger partial charge in [0.2, 0.25) is 0 Å². The summed E-state index contributed by atoms with van der Waals surface area (Å²) in [6, 6.07) is 9.70. The maximum atomic E-state index is 12.2. The highest BCUT2D eigenvalue weighted by Gasteiger charge is 2.06. The van der Waals surface area contributed by atoms with Crippen LogP contribution >= 0.6 is 0 Å². The molecule has 0 spiro atoms. The minimum atomic E-state index is 0.256. The van der Waals surface area contributed by atoms with Crippen LogP contribution in [0.2, 0.25) is 0 Å². The predicted octanol–water partition coefficient (Wildman–Crippen LogP) is 5.17. The van der Waals surface area contributed by atoms with Crippen LogP contribution in [-0.4, -0.2) is 10.8 Å². The lowest BCUT2D eigenvalue weighted by Crippen LogP contribution is -1.99. The van der Waals surface area contributed by atoms with E-state index in [4.69, 9.17) is 0 Å². The van der Waals surface area contributed by atoms with Crippen molar-refractivity contribution in [1.82, 2.24) is 4.98 Å². The average molecular weight is 269 g/mol. The monoisotopic (exact) mass is 269 g/mol. The van der Waals surface area contributed by atoms with Gasteiger partial charge in [0.05, 0.1) is 5.52 Å². The number of nitrogens with zero attached hydrogens (tertiary/aromatic N) is 1. The molecule has 2 aromatic rings. The van der Waals surface area contributed by atoms with Crippen LogP contribution in [0, 0.1) is 0 Å². The highest BCUT2D eigenvalue weighted by Crippen LogP contribution is 2.16. The molecule has 1 aromatic carbocycles. The Morgan fingerprint density at radius 2 is 1.85 bits per heavy atom. The van der Waals surface area contributed by atoms with Gasteiger partial charge < -0.3 is 0 Å². The number of benzene rings is 1. The average Bonchev–Trinajstić information content (AvgIpc) is 2.50. The molecule has 0 saturated carbocycles. The van der Waals surface area contributed by atoms with Gasteiger partial charge in [0.25, 0.3) is 0 Å². The van der Waals surface area contributed by atoms with Crippen LogP contribution in [0.5, 0.6) is 0 Å². The summed E-state index contributed by atoms with van der Waals surface area (Å²) < 4.78 is 0. The number of aromatic nitrogens is 1. The van der Waals surface area contributed by atoms with Crippen LogP contribution in [0.1, 0.15) is 62.2 Å². The molecule has 0 saturated heterocycles. The molecule has 0 aliphatic rings. The number of fused-ring (bicyclic) bond motifs is 1. The van der Waals surface area contributed by atoms with E-state index in [1.165, 1.54) is 32.1 Å². The van der Waals surface area contributed by atoms with E-state index in [0.29, 0.717) is 6.42 Å². The van der Waals surface area contributed by atoms with E-state index in [2.05, 4.69) is 11.9 Å². The number of carbonyl (C=O) groups excluding carboxylic acids is 1. The van der Waals surface area contributed by atoms with Crippen molar-refractivity contribution >= 4 is 16.7 Å². The Kier molecular flexibility index (Phi) is 5.72. The third kappa shape index (κ3) is 4.16. The van der Waals surface area contributed by atoms with Crippen molar-refractivity contribution in [1.29, 1.82) is 0 Å². The van der Waals surface area contributed by atoms with E-state index >= 15 is 0 Å². The van der Waals surface area contributed by atoms with E-state index in [9.17, 15) is 4.79 Å². The minimum Gasteiger partial charge on any atom is -0.294 e. The number of pyridine rings is 1. The minimum absolute atomic E-state index is 0.256. The van der Waals surface area contributed by atoms with Gasteiger partial charge in [-0.3, -0.25) is 9.78 Å². The largest absolute Gasteiger partial charge is 0.294 e. The second-order valence-corrected chi connectivity index (χ2v) is 5.35. The molecule has 20 heavy (non-hydrogen) atoms. The van der Waals surface area contributed by atoms with Crippen molar-refractivity contribution in [2.75, 3.05) is 0 Å². The third-order valence-electron chi connectivity index (χ3n) is 3.68. The van der Waals surface area contributed by atoms with Gasteiger partial charge in [0.1, 0.15) is 0 Å². The van der Waals surface area contributed by atoms with Crippen molar-refractivity contribution in [3.8, 4) is 0 Å². The Morgan fingerprint density at radius 1 is 1.05 bits per heavy atom. The second kappa shape index (κ2) is 7.78. The Balaban J connectivity index is 1.84. The fraction of sp³-hybridized carbons (Fsp3) is 0.444. The van der Waals surface area contributed by atoms with Gasteiger partial charge in [0, 0.05) is 23.6 Å². The van der Waals surface area contributed by atoms with E-state index in [-0.39, 0.29) is 5.78 Å². The van der Waals surface area contributed by atoms with E-state index in [0.717, 1.165) is 22.9 Å². The lowest BCUT2D eigenvalue weighted by Gasteiger charge is -2.03. The lowest BCUT2D eigenvalue weighted by atomic mass is 10.0. The summed E-state index contributed by atoms with van der Waals surface area (Å²) in [6.45, 7) is 2.22. The molecule has 0 unspecified atom stereocenters. The summed E-state index contributed by atoms with van der Waals surface area (Å²) in [7, 11) is 0. The standard InChI is InChI=1S/C18H23NO/c1-2-3-4-5-6-7-10-18(20)16-11-12-17-15(14-16)9-8-13-19-17/h8-9,11-14H,2-7,10H2,1H3. The SMILES string of the molecule is CCCCCCCCC(=O)c1ccc2ncccc2c1. The smallest absolute Gasteiger partial charge is 0.162 e. The molecule has 1 aromatic heterocycles. The Hall–Kier alpha value is -1.70. The van der Waals surface area contributed by atoms with Gasteiger partial charge in [-0.2, -0.15) is 0 Å². The molecule has 0 aliphatic heterocycles. The van der Waals surface area contributed by atoms with Crippen LogP contribution in [0.15, 0.2) is 36.5 Å². The normalized spacial score (nSPS) is 10.8. The number of hydrogen-bond donors (Lipinski definition) is 0. The number of unbranched alkanes of at least 4 members (excludes halogenated alkanes) is 5. The van der Waals surface area contributed by atoms with Crippen molar-refractivity contribution in [3.05, 3.63) is 42.1 Å². The van der Waals surface area contributed by atoms with Crippen LogP contribution < -0.4 is 0 Å². The number of ketones is 1. The lowest BCUT2D eigenvalue weighted by molar-refractivity contribution is 0.0979. The summed E-state index contributed by atoms with van der Waals surface area (Å²) >= 11 is 0. The maximum Gasteiger partial charge on any atom is 0.162 e. The highest BCUT2D eigenvalue weighted by molar-refractivity contribution is 5.99. The van der Waals surface area contributed by atoms with Crippen LogP contribution in [0.4, 0.5) is 0 Å². The maximum absolute atomic E-state index is 12.2. The summed E-state index contributed by atoms with van der Waals surface area (Å²) in [5.74, 6) is 0.256. The summed E-state index contributed by atoms with van der Waals surface area (Å²) in [4.78, 5) is 16.4. The third-order valence-corrected chi connectivity index (χ3v) is 3.68. The molecule has 0 radical (unpaired) electrons. The molecule has 0 bridgehead atoms. The number of carbonyl (C=O) groups is 1. The molecule has 0 aliphatic carbocycles. The van der Waals surface area contributed by atoms with E-state index < -0.39 is 0 Å². The van der Waals surface area contributed by atoms with E-state index in [1.54, 1.807) is 6.20 Å². The van der Waals surface area contributed by atoms with Gasteiger partial charge in [-0.1, -0.05) is 45.1 Å². The zero-order valence-corrected chi connectivity index (χ0v) is 12.3. The van der Waals surface area contributed by atoms with Gasteiger partial charge in [0.15, 0.2) is 5.78 Å². The Bertz CT molecular complexity index is 562. The number of hydrogen-bond acceptors (Lipinski definition) is 2. The number of Topliss-reactive ketones (excluding diaryl/α,β-unsaturated/α-hetero) is 1. The quantitative estimate of drug-likeness (QED) is 0.489. The first-order valence-corrected chi connectivity index (χ1v) is 7.69. The first kappa shape index (κ1) is 14.7. The molecular weight excluding hydrogens is 246 g/mol. The Labute approximate surface area is 121 Å². The van der Waals surface area contributed by atoms with E-state index in [1.807, 2.05) is 30.3 Å². The molecule has 2 nitrogen and oxygen atoms in total. The first-order chi connectivity index (χ1) is 9.81. The Morgan fingerprint density at radius 3 is 2.70 bits per heavy atom. The first-order valence-electron chi connectivity index (χ1n) is 7.69. The number of rotatable bonds is 8. The van der Waals surface area contributed by atoms with Crippen molar-refractivity contribution in [2.24, 2.45) is 0 Å². The molecular formula is C18H23NO. The van der Waals surface area contributed by atoms with Crippen LogP contribution in [0.3, 0.4) is 0 Å². The second-order valence-electron chi connectivity index (χ2n) is 5.35. The molecule has 0 fully saturated rings. The summed E-state index contributed by atoms with van der Waals surface area (Å²) in [6.07, 6.45) is 9.75. The van der Waals surface area contributed by atoms with Crippen LogP contribution in [-0.2, 0) is 0 Å². The van der Waals surface area contributed by atoms with Gasteiger partial charge in [-0.25, -0.2) is 0 Å². The summed E-state index contributed by atoms with van der Waals surface area (Å²) in [5, 5.41) is 1.04. The topological polar surface area (TPSA) is 30.0 Å². The molecule has 1 heterocycles. The predicted molar refractivity (Wildman–Crippen MR) is 84.1 cm³/mol. The molecule has 0 amide bonds. The fourth-order valence-electron chi connectivity index (χ4n) is 2.46. The highest BCUT2D eigenvalue weighted by atomic mass is 16.1. The van der Waals surface area contributed by atoms with Crippen molar-refractivity contribution in [3.63, 3.8) is 0 Å². The van der Waals surface area contributed by atoms with Gasteiger partial charge in [-0.05, 0) is 30.7 Å². The van der Waals surface area contributed by atoms with Gasteiger partial charge in [-0.15, -0.1) is 0 Å². The van der Waals surface area contributed by atoms with Gasteiger partial charge >= 0.3 is 0 Å². The molecule has 2 heteroatoms. The zero-order chi connectivity index (χ0) is 14.2. The fourth-order valence-corrected chi connectivity index (χ4v) is 2.46. The molecule has 0 N–H and O–H groups in total. The molecule has 0 atom stereocenters. The van der Waals surface area contributed by atoms with Crippen molar-refractivity contribution in [2.45, 2.75) is 51.9 Å².